The Labute approximate surface area is 136 Å². The number of furan rings is 1. The van der Waals surface area contributed by atoms with Crippen molar-refractivity contribution in [1.82, 2.24) is 9.71 Å². The summed E-state index contributed by atoms with van der Waals surface area (Å²) in [7, 11) is -3.70. The van der Waals surface area contributed by atoms with E-state index in [0.29, 0.717) is 10.8 Å². The van der Waals surface area contributed by atoms with Crippen LogP contribution in [0.3, 0.4) is 0 Å². The summed E-state index contributed by atoms with van der Waals surface area (Å²) >= 11 is 1.36. The van der Waals surface area contributed by atoms with Crippen LogP contribution in [0.5, 0.6) is 0 Å². The third-order valence-corrected chi connectivity index (χ3v) is 5.76. The van der Waals surface area contributed by atoms with Crippen molar-refractivity contribution in [2.75, 3.05) is 0 Å². The number of nitrogens with zero attached hydrogens (tertiary/aromatic N) is 1. The zero-order chi connectivity index (χ0) is 16.4. The number of hydrogen-bond acceptors (Lipinski definition) is 5. The lowest BCUT2D eigenvalue weighted by Gasteiger charge is -2.05. The Morgan fingerprint density at radius 2 is 2.00 bits per heavy atom. The molecule has 0 bridgehead atoms. The van der Waals surface area contributed by atoms with Gasteiger partial charge in [0.1, 0.15) is 5.82 Å². The van der Waals surface area contributed by atoms with Crippen molar-refractivity contribution in [2.45, 2.75) is 18.4 Å². The van der Waals surface area contributed by atoms with E-state index in [9.17, 15) is 12.8 Å². The topological polar surface area (TPSA) is 72.2 Å². The van der Waals surface area contributed by atoms with E-state index in [1.807, 2.05) is 6.92 Å². The van der Waals surface area contributed by atoms with E-state index in [1.54, 1.807) is 18.4 Å². The minimum atomic E-state index is -3.70. The Hall–Kier alpha value is -2.03. The summed E-state index contributed by atoms with van der Waals surface area (Å²) in [6.07, 6.45) is 1.56. The molecule has 0 saturated heterocycles. The van der Waals surface area contributed by atoms with Crippen LogP contribution < -0.4 is 4.72 Å². The molecule has 0 aliphatic heterocycles. The first-order valence-electron chi connectivity index (χ1n) is 6.71. The second-order valence-corrected chi connectivity index (χ2v) is 7.63. The number of hydrogen-bond donors (Lipinski definition) is 1. The van der Waals surface area contributed by atoms with E-state index in [4.69, 9.17) is 4.42 Å². The molecule has 2 heterocycles. The highest BCUT2D eigenvalue weighted by molar-refractivity contribution is 7.89. The van der Waals surface area contributed by atoms with Crippen molar-refractivity contribution >= 4 is 21.4 Å². The number of aryl methyl sites for hydroxylation is 1. The number of nitrogens with one attached hydrogen (secondary N) is 1. The summed E-state index contributed by atoms with van der Waals surface area (Å²) < 4.78 is 45.1. The molecule has 5 nitrogen and oxygen atoms in total. The van der Waals surface area contributed by atoms with Gasteiger partial charge in [0, 0.05) is 11.4 Å². The first kappa shape index (κ1) is 15.9. The average Bonchev–Trinajstić information content (AvgIpc) is 3.15. The van der Waals surface area contributed by atoms with E-state index in [-0.39, 0.29) is 11.4 Å². The van der Waals surface area contributed by atoms with Gasteiger partial charge < -0.3 is 4.42 Å². The van der Waals surface area contributed by atoms with Crippen LogP contribution in [-0.2, 0) is 16.6 Å². The highest BCUT2D eigenvalue weighted by atomic mass is 32.2. The molecular formula is C15H13FN2O3S2. The highest BCUT2D eigenvalue weighted by Gasteiger charge is 2.17. The van der Waals surface area contributed by atoms with Crippen LogP contribution in [0.2, 0.25) is 0 Å². The van der Waals surface area contributed by atoms with Crippen molar-refractivity contribution in [2.24, 2.45) is 0 Å². The molecule has 120 valence electrons. The molecule has 1 aromatic carbocycles. The van der Waals surface area contributed by atoms with Gasteiger partial charge in [-0.1, -0.05) is 0 Å². The molecule has 0 unspecified atom stereocenters. The second-order valence-electron chi connectivity index (χ2n) is 4.78. The molecule has 8 heteroatoms. The number of rotatable bonds is 5. The molecule has 0 aliphatic rings. The Balaban J connectivity index is 1.76. The predicted octanol–water partition coefficient (Wildman–Crippen LogP) is 3.33. The molecule has 0 amide bonds. The Bertz CT molecular complexity index is 901. The normalized spacial score (nSPS) is 11.7. The van der Waals surface area contributed by atoms with Crippen LogP contribution in [-0.4, -0.2) is 13.4 Å². The van der Waals surface area contributed by atoms with E-state index < -0.39 is 15.8 Å². The van der Waals surface area contributed by atoms with E-state index in [1.165, 1.54) is 23.5 Å². The van der Waals surface area contributed by atoms with Crippen LogP contribution in [0.1, 0.15) is 10.6 Å². The number of halogens is 1. The maximum atomic E-state index is 12.9. The maximum Gasteiger partial charge on any atom is 0.240 e. The lowest BCUT2D eigenvalue weighted by molar-refractivity contribution is 0.580. The first-order valence-corrected chi connectivity index (χ1v) is 9.01. The van der Waals surface area contributed by atoms with Gasteiger partial charge in [-0.3, -0.25) is 0 Å². The molecule has 2 aromatic heterocycles. The summed E-state index contributed by atoms with van der Waals surface area (Å²) in [4.78, 5) is 5.19. The van der Waals surface area contributed by atoms with Crippen LogP contribution in [0, 0.1) is 12.7 Å². The van der Waals surface area contributed by atoms with Gasteiger partial charge in [-0.2, -0.15) is 0 Å². The smallest absolute Gasteiger partial charge is 0.240 e. The quantitative estimate of drug-likeness (QED) is 0.764. The zero-order valence-electron chi connectivity index (χ0n) is 12.1. The molecule has 0 saturated carbocycles. The molecule has 0 spiro atoms. The van der Waals surface area contributed by atoms with Gasteiger partial charge in [0.05, 0.1) is 16.9 Å². The van der Waals surface area contributed by atoms with Crippen molar-refractivity contribution < 1.29 is 17.2 Å². The van der Waals surface area contributed by atoms with Gasteiger partial charge >= 0.3 is 0 Å². The highest BCUT2D eigenvalue weighted by Crippen LogP contribution is 2.28. The van der Waals surface area contributed by atoms with E-state index in [0.717, 1.165) is 22.7 Å². The van der Waals surface area contributed by atoms with Crippen LogP contribution in [0.4, 0.5) is 4.39 Å². The summed E-state index contributed by atoms with van der Waals surface area (Å²) in [5, 5.41) is 0.698. The van der Waals surface area contributed by atoms with Crippen molar-refractivity contribution in [3.8, 4) is 10.8 Å². The Kier molecular flexibility index (Phi) is 4.29. The Morgan fingerprint density at radius 1 is 1.26 bits per heavy atom. The molecule has 3 rings (SSSR count). The van der Waals surface area contributed by atoms with Crippen molar-refractivity contribution in [3.63, 3.8) is 0 Å². The fourth-order valence-electron chi connectivity index (χ4n) is 1.96. The number of thiazole rings is 1. The summed E-state index contributed by atoms with van der Waals surface area (Å²) in [5.74, 6) is 0.163. The molecule has 3 aromatic rings. The molecule has 1 N–H and O–H groups in total. The minimum absolute atomic E-state index is 0.0207. The Morgan fingerprint density at radius 3 is 2.65 bits per heavy atom. The van der Waals surface area contributed by atoms with E-state index in [2.05, 4.69) is 9.71 Å². The molecular weight excluding hydrogens is 339 g/mol. The summed E-state index contributed by atoms with van der Waals surface area (Å²) in [6.45, 7) is 1.92. The van der Waals surface area contributed by atoms with Gasteiger partial charge in [-0.25, -0.2) is 22.5 Å². The van der Waals surface area contributed by atoms with Crippen LogP contribution in [0.25, 0.3) is 10.8 Å². The fourth-order valence-corrected chi connectivity index (χ4v) is 4.01. The van der Waals surface area contributed by atoms with Crippen LogP contribution >= 0.6 is 11.3 Å². The third-order valence-electron chi connectivity index (χ3n) is 3.17. The first-order chi connectivity index (χ1) is 11.0. The predicted molar refractivity (Wildman–Crippen MR) is 85.0 cm³/mol. The largest absolute Gasteiger partial charge is 0.462 e. The van der Waals surface area contributed by atoms with Gasteiger partial charge in [0.2, 0.25) is 10.0 Å². The van der Waals surface area contributed by atoms with Gasteiger partial charge in [-0.05, 0) is 43.3 Å². The van der Waals surface area contributed by atoms with Crippen molar-refractivity contribution in [3.05, 3.63) is 59.0 Å². The minimum Gasteiger partial charge on any atom is -0.462 e. The number of benzene rings is 1. The number of sulfonamides is 1. The lowest BCUT2D eigenvalue weighted by atomic mass is 10.4. The molecule has 0 atom stereocenters. The fraction of sp³-hybridized carbons (Fsp3) is 0.133. The molecule has 0 fully saturated rings. The molecule has 0 radical (unpaired) electrons. The average molecular weight is 352 g/mol. The van der Waals surface area contributed by atoms with Gasteiger partial charge in [0.15, 0.2) is 10.8 Å². The zero-order valence-corrected chi connectivity index (χ0v) is 13.7. The van der Waals surface area contributed by atoms with Crippen LogP contribution in [0.15, 0.2) is 52.0 Å². The van der Waals surface area contributed by atoms with Gasteiger partial charge in [-0.15, -0.1) is 11.3 Å². The monoisotopic (exact) mass is 352 g/mol. The number of aromatic nitrogens is 1. The van der Waals surface area contributed by atoms with Crippen molar-refractivity contribution in [1.29, 1.82) is 0 Å². The van der Waals surface area contributed by atoms with E-state index >= 15 is 0 Å². The SMILES string of the molecule is Cc1nc(-c2ccco2)sc1CNS(=O)(=O)c1ccc(F)cc1. The van der Waals surface area contributed by atoms with Gasteiger partial charge in [0.25, 0.3) is 0 Å². The standard InChI is InChI=1S/C15H13FN2O3S2/c1-10-14(22-15(18-10)13-3-2-8-21-13)9-17-23(19,20)12-6-4-11(16)5-7-12/h2-8,17H,9H2,1H3. The summed E-state index contributed by atoms with van der Waals surface area (Å²) in [6, 6.07) is 8.24. The molecule has 0 aliphatic carbocycles. The third kappa shape index (κ3) is 3.49. The summed E-state index contributed by atoms with van der Waals surface area (Å²) in [5.41, 5.74) is 0.739. The second kappa shape index (κ2) is 6.23. The maximum absolute atomic E-state index is 12.9. The molecule has 23 heavy (non-hydrogen) atoms. The lowest BCUT2D eigenvalue weighted by Crippen LogP contribution is -2.23.